The molecule has 0 atom stereocenters. The highest BCUT2D eigenvalue weighted by Gasteiger charge is 2.16. The third-order valence-corrected chi connectivity index (χ3v) is 2.84. The van der Waals surface area contributed by atoms with Crippen molar-refractivity contribution in [3.63, 3.8) is 0 Å². The lowest BCUT2D eigenvalue weighted by Crippen LogP contribution is -2.05. The fourth-order valence-corrected chi connectivity index (χ4v) is 1.73. The Labute approximate surface area is 97.1 Å². The van der Waals surface area contributed by atoms with Crippen LogP contribution in [0, 0.1) is 0 Å². The van der Waals surface area contributed by atoms with Gasteiger partial charge in [0, 0.05) is 18.0 Å². The molecule has 16 heavy (non-hydrogen) atoms. The lowest BCUT2D eigenvalue weighted by Gasteiger charge is -1.94. The monoisotopic (exact) mass is 233 g/mol. The maximum Gasteiger partial charge on any atom is 0.279 e. The Hall–Kier alpha value is -1.69. The summed E-state index contributed by atoms with van der Waals surface area (Å²) in [6, 6.07) is 3.24. The summed E-state index contributed by atoms with van der Waals surface area (Å²) in [5.74, 6) is -0.318. The third kappa shape index (κ3) is 2.46. The van der Waals surface area contributed by atoms with Gasteiger partial charge in [-0.25, -0.2) is 0 Å². The van der Waals surface area contributed by atoms with Crippen molar-refractivity contribution in [3.8, 4) is 0 Å². The average Bonchev–Trinajstić information content (AvgIpc) is 2.78. The Morgan fingerprint density at radius 2 is 2.19 bits per heavy atom. The molecule has 0 bridgehead atoms. The zero-order valence-electron chi connectivity index (χ0n) is 8.62. The van der Waals surface area contributed by atoms with E-state index in [1.807, 2.05) is 6.92 Å². The minimum atomic E-state index is -0.318. The summed E-state index contributed by atoms with van der Waals surface area (Å²) in [5, 5.41) is 5.17. The lowest BCUT2D eigenvalue weighted by atomic mass is 10.3. The number of pyridine rings is 1. The molecule has 0 unspecified atom stereocenters. The van der Waals surface area contributed by atoms with Crippen LogP contribution in [-0.4, -0.2) is 21.1 Å². The molecule has 1 amide bonds. The Morgan fingerprint density at radius 1 is 1.44 bits per heavy atom. The van der Waals surface area contributed by atoms with Crippen LogP contribution in [0.4, 0.5) is 0 Å². The number of hydrogen-bond donors (Lipinski definition) is 0. The number of carbonyl (C=O) groups is 1. The summed E-state index contributed by atoms with van der Waals surface area (Å²) in [6.07, 6.45) is 3.91. The van der Waals surface area contributed by atoms with Crippen LogP contribution < -0.4 is 5.43 Å². The average molecular weight is 233 g/mol. The molecule has 1 aliphatic rings. The van der Waals surface area contributed by atoms with Gasteiger partial charge in [-0.2, -0.15) is 4.99 Å². The second kappa shape index (κ2) is 4.89. The molecule has 6 heteroatoms. The number of aromatic nitrogens is 1. The number of nitrogens with zero attached hydrogens (tertiary/aromatic N) is 4. The largest absolute Gasteiger partial charge is 0.279 e. The van der Waals surface area contributed by atoms with Crippen molar-refractivity contribution in [1.82, 2.24) is 10.4 Å². The highest BCUT2D eigenvalue weighted by Crippen LogP contribution is 2.16. The van der Waals surface area contributed by atoms with Gasteiger partial charge in [-0.1, -0.05) is 6.92 Å². The van der Waals surface area contributed by atoms with Crippen molar-refractivity contribution in [1.29, 1.82) is 0 Å². The lowest BCUT2D eigenvalue weighted by molar-refractivity contribution is 0.100. The Morgan fingerprint density at radius 3 is 2.81 bits per heavy atom. The molecule has 2 heterocycles. The predicted octanol–water partition coefficient (Wildman–Crippen LogP) is 1.65. The quantitative estimate of drug-likeness (QED) is 0.780. The molecular formula is C10H9N4OS. The van der Waals surface area contributed by atoms with Gasteiger partial charge in [-0.05, 0) is 30.3 Å². The first-order chi connectivity index (χ1) is 7.79. The number of amidine groups is 1. The molecule has 2 rings (SSSR count). The molecule has 0 fully saturated rings. The summed E-state index contributed by atoms with van der Waals surface area (Å²) >= 11 is 1.33. The molecule has 1 aliphatic heterocycles. The van der Waals surface area contributed by atoms with Gasteiger partial charge in [0.1, 0.15) is 5.04 Å². The van der Waals surface area contributed by atoms with Gasteiger partial charge in [-0.15, -0.1) is 10.5 Å². The van der Waals surface area contributed by atoms with Crippen LogP contribution in [0.1, 0.15) is 23.7 Å². The number of carbonyl (C=O) groups excluding carboxylic acids is 1. The number of amides is 1. The molecule has 81 valence electrons. The summed E-state index contributed by atoms with van der Waals surface area (Å²) in [4.78, 5) is 19.4. The SMILES string of the molecule is CCC1=N[N]C(=NC(=O)c2ccncc2)S1. The maximum atomic E-state index is 11.7. The van der Waals surface area contributed by atoms with Crippen LogP contribution in [0.15, 0.2) is 34.6 Å². The molecule has 5 nitrogen and oxygen atoms in total. The van der Waals surface area contributed by atoms with Crippen LogP contribution >= 0.6 is 11.8 Å². The van der Waals surface area contributed by atoms with Gasteiger partial charge in [-0.3, -0.25) is 9.78 Å². The first kappa shape index (κ1) is 10.8. The molecule has 0 aliphatic carbocycles. The van der Waals surface area contributed by atoms with Crippen molar-refractivity contribution in [2.75, 3.05) is 0 Å². The standard InChI is InChI=1S/C10H9N4OS/c1-2-8-13-14-10(16-8)12-9(15)7-3-5-11-6-4-7/h3-6H,2H2,1H3. The molecule has 0 N–H and O–H groups in total. The Balaban J connectivity index is 2.07. The van der Waals surface area contributed by atoms with Crippen molar-refractivity contribution >= 4 is 27.9 Å². The normalized spacial score (nSPS) is 17.1. The van der Waals surface area contributed by atoms with E-state index in [0.717, 1.165) is 11.5 Å². The van der Waals surface area contributed by atoms with Gasteiger partial charge < -0.3 is 0 Å². The number of rotatable bonds is 2. The van der Waals surface area contributed by atoms with E-state index in [9.17, 15) is 4.79 Å². The van der Waals surface area contributed by atoms with Gasteiger partial charge in [0.05, 0.1) is 0 Å². The highest BCUT2D eigenvalue weighted by atomic mass is 32.2. The first-order valence-corrected chi connectivity index (χ1v) is 5.59. The van der Waals surface area contributed by atoms with Crippen LogP contribution in [-0.2, 0) is 0 Å². The van der Waals surface area contributed by atoms with E-state index in [-0.39, 0.29) is 5.91 Å². The maximum absolute atomic E-state index is 11.7. The second-order valence-electron chi connectivity index (χ2n) is 2.98. The van der Waals surface area contributed by atoms with E-state index in [4.69, 9.17) is 0 Å². The zero-order valence-corrected chi connectivity index (χ0v) is 9.44. The Bertz CT molecular complexity index is 455. The Kier molecular flexibility index (Phi) is 3.31. The van der Waals surface area contributed by atoms with E-state index < -0.39 is 0 Å². The van der Waals surface area contributed by atoms with Gasteiger partial charge in [0.2, 0.25) is 5.17 Å². The molecule has 0 saturated carbocycles. The smallest absolute Gasteiger partial charge is 0.267 e. The van der Waals surface area contributed by atoms with Crippen LogP contribution in [0.2, 0.25) is 0 Å². The number of hydrogen-bond acceptors (Lipinski definition) is 4. The second-order valence-corrected chi connectivity index (χ2v) is 4.03. The zero-order chi connectivity index (χ0) is 11.4. The summed E-state index contributed by atoms with van der Waals surface area (Å²) in [7, 11) is 0. The summed E-state index contributed by atoms with van der Waals surface area (Å²) < 4.78 is 0. The van der Waals surface area contributed by atoms with E-state index in [1.165, 1.54) is 11.8 Å². The third-order valence-electron chi connectivity index (χ3n) is 1.88. The fourth-order valence-electron chi connectivity index (χ4n) is 1.08. The van der Waals surface area contributed by atoms with Crippen molar-refractivity contribution in [2.24, 2.45) is 10.1 Å². The number of thioether (sulfide) groups is 1. The minimum Gasteiger partial charge on any atom is -0.267 e. The molecule has 0 spiro atoms. The van der Waals surface area contributed by atoms with Crippen molar-refractivity contribution < 1.29 is 4.79 Å². The minimum absolute atomic E-state index is 0.318. The van der Waals surface area contributed by atoms with E-state index in [0.29, 0.717) is 10.7 Å². The summed E-state index contributed by atoms with van der Waals surface area (Å²) in [5.41, 5.74) is 4.32. The van der Waals surface area contributed by atoms with Crippen molar-refractivity contribution in [3.05, 3.63) is 30.1 Å². The topological polar surface area (TPSA) is 68.8 Å². The van der Waals surface area contributed by atoms with Crippen LogP contribution in [0.25, 0.3) is 0 Å². The molecule has 0 aromatic carbocycles. The highest BCUT2D eigenvalue weighted by molar-refractivity contribution is 8.26. The predicted molar refractivity (Wildman–Crippen MR) is 63.5 cm³/mol. The fraction of sp³-hybridized carbons (Fsp3) is 0.200. The molecule has 1 aromatic heterocycles. The molecular weight excluding hydrogens is 224 g/mol. The van der Waals surface area contributed by atoms with E-state index in [2.05, 4.69) is 20.5 Å². The van der Waals surface area contributed by atoms with Crippen LogP contribution in [0.5, 0.6) is 0 Å². The molecule has 1 aromatic rings. The van der Waals surface area contributed by atoms with E-state index >= 15 is 0 Å². The number of aliphatic imine (C=N–C) groups is 1. The summed E-state index contributed by atoms with van der Waals surface area (Å²) in [6.45, 7) is 1.98. The molecule has 1 radical (unpaired) electrons. The molecule has 0 saturated heterocycles. The van der Waals surface area contributed by atoms with Crippen LogP contribution in [0.3, 0.4) is 0 Å². The first-order valence-electron chi connectivity index (χ1n) is 4.78. The van der Waals surface area contributed by atoms with Gasteiger partial charge in [0.25, 0.3) is 5.91 Å². The van der Waals surface area contributed by atoms with E-state index in [1.54, 1.807) is 24.5 Å². The van der Waals surface area contributed by atoms with Crippen molar-refractivity contribution in [2.45, 2.75) is 13.3 Å². The van der Waals surface area contributed by atoms with Gasteiger partial charge >= 0.3 is 0 Å². The van der Waals surface area contributed by atoms with Gasteiger partial charge in [0.15, 0.2) is 0 Å².